The summed E-state index contributed by atoms with van der Waals surface area (Å²) in [7, 11) is 1.56. The zero-order valence-electron chi connectivity index (χ0n) is 9.47. The molecule has 6 heteroatoms. The zero-order chi connectivity index (χ0) is 13.1. The van der Waals surface area contributed by atoms with Crippen LogP contribution in [0.5, 0.6) is 5.75 Å². The Kier molecular flexibility index (Phi) is 4.64. The summed E-state index contributed by atoms with van der Waals surface area (Å²) in [6.07, 6.45) is 0. The van der Waals surface area contributed by atoms with Crippen molar-refractivity contribution in [3.63, 3.8) is 0 Å². The highest BCUT2D eigenvalue weighted by Crippen LogP contribution is 2.33. The summed E-state index contributed by atoms with van der Waals surface area (Å²) in [5.41, 5.74) is 0.440. The third kappa shape index (κ3) is 3.24. The quantitative estimate of drug-likeness (QED) is 0.784. The number of methoxy groups -OCH3 is 1. The molecule has 18 heavy (non-hydrogen) atoms. The molecule has 1 heterocycles. The molecule has 0 saturated carbocycles. The lowest BCUT2D eigenvalue weighted by Gasteiger charge is -2.08. The first kappa shape index (κ1) is 13.8. The van der Waals surface area contributed by atoms with Crippen molar-refractivity contribution in [2.24, 2.45) is 0 Å². The van der Waals surface area contributed by atoms with Gasteiger partial charge in [-0.3, -0.25) is 0 Å². The van der Waals surface area contributed by atoms with Gasteiger partial charge in [0.2, 0.25) is 0 Å². The number of rotatable bonds is 4. The molecule has 0 fully saturated rings. The maximum absolute atomic E-state index is 13.6. The number of halogens is 3. The van der Waals surface area contributed by atoms with Crippen molar-refractivity contribution in [1.82, 2.24) is 0 Å². The van der Waals surface area contributed by atoms with Gasteiger partial charge in [-0.25, -0.2) is 4.39 Å². The van der Waals surface area contributed by atoms with E-state index in [2.05, 4.69) is 37.2 Å². The van der Waals surface area contributed by atoms with Crippen LogP contribution in [0.4, 0.5) is 10.1 Å². The molecule has 2 nitrogen and oxygen atoms in total. The van der Waals surface area contributed by atoms with Gasteiger partial charge in [0, 0.05) is 22.0 Å². The Balaban J connectivity index is 2.10. The van der Waals surface area contributed by atoms with Crippen molar-refractivity contribution in [3.05, 3.63) is 43.2 Å². The first-order valence-electron chi connectivity index (χ1n) is 5.11. The van der Waals surface area contributed by atoms with Gasteiger partial charge in [-0.2, -0.15) is 0 Å². The summed E-state index contributed by atoms with van der Waals surface area (Å²) in [6, 6.07) is 6.63. The predicted molar refractivity (Wildman–Crippen MR) is 80.0 cm³/mol. The van der Waals surface area contributed by atoms with E-state index in [9.17, 15) is 4.39 Å². The fraction of sp³-hybridized carbons (Fsp3) is 0.167. The van der Waals surface area contributed by atoms with Crippen molar-refractivity contribution < 1.29 is 9.13 Å². The lowest BCUT2D eigenvalue weighted by atomic mass is 10.3. The highest BCUT2D eigenvalue weighted by atomic mass is 79.9. The van der Waals surface area contributed by atoms with Crippen molar-refractivity contribution >= 4 is 48.9 Å². The Bertz CT molecular complexity index is 540. The minimum absolute atomic E-state index is 0.287. The molecule has 0 bridgehead atoms. The van der Waals surface area contributed by atoms with Gasteiger partial charge in [0.05, 0.1) is 16.6 Å². The Morgan fingerprint density at radius 2 is 2.11 bits per heavy atom. The number of nitrogens with one attached hydrogen (secondary N) is 1. The monoisotopic (exact) mass is 393 g/mol. The molecule has 0 amide bonds. The van der Waals surface area contributed by atoms with Crippen molar-refractivity contribution in [1.29, 1.82) is 0 Å². The first-order chi connectivity index (χ1) is 8.60. The number of thiophene rings is 1. The number of benzene rings is 1. The van der Waals surface area contributed by atoms with E-state index < -0.39 is 0 Å². The van der Waals surface area contributed by atoms with Crippen molar-refractivity contribution in [2.45, 2.75) is 6.54 Å². The van der Waals surface area contributed by atoms with Crippen LogP contribution in [0.1, 0.15) is 4.88 Å². The second kappa shape index (κ2) is 6.04. The molecule has 0 aliphatic heterocycles. The van der Waals surface area contributed by atoms with Gasteiger partial charge in [-0.1, -0.05) is 0 Å². The third-order valence-electron chi connectivity index (χ3n) is 2.32. The highest BCUT2D eigenvalue weighted by Gasteiger charge is 2.07. The molecule has 1 N–H and O–H groups in total. The smallest absolute Gasteiger partial charge is 0.146 e. The van der Waals surface area contributed by atoms with E-state index in [-0.39, 0.29) is 5.82 Å². The van der Waals surface area contributed by atoms with Gasteiger partial charge < -0.3 is 10.1 Å². The van der Waals surface area contributed by atoms with E-state index in [4.69, 9.17) is 4.74 Å². The molecule has 2 rings (SSSR count). The van der Waals surface area contributed by atoms with E-state index in [0.29, 0.717) is 18.0 Å². The maximum atomic E-state index is 13.6. The SMILES string of the molecule is COc1ccc(F)c(NCc2cc(Br)c(Br)s2)c1. The number of hydrogen-bond donors (Lipinski definition) is 1. The molecule has 0 saturated heterocycles. The molecule has 0 atom stereocenters. The minimum atomic E-state index is -0.287. The molecule has 0 unspecified atom stereocenters. The van der Waals surface area contributed by atoms with Gasteiger partial charge in [-0.15, -0.1) is 11.3 Å². The number of anilines is 1. The van der Waals surface area contributed by atoms with Crippen LogP contribution in [0.2, 0.25) is 0 Å². The van der Waals surface area contributed by atoms with Crippen molar-refractivity contribution in [3.8, 4) is 5.75 Å². The van der Waals surface area contributed by atoms with Crippen LogP contribution in [0.3, 0.4) is 0 Å². The van der Waals surface area contributed by atoms with Crippen LogP contribution in [-0.4, -0.2) is 7.11 Å². The van der Waals surface area contributed by atoms with Crippen LogP contribution in [0.25, 0.3) is 0 Å². The number of ether oxygens (including phenoxy) is 1. The second-order valence-electron chi connectivity index (χ2n) is 3.53. The fourth-order valence-electron chi connectivity index (χ4n) is 1.43. The van der Waals surface area contributed by atoms with Crippen LogP contribution < -0.4 is 10.1 Å². The zero-order valence-corrected chi connectivity index (χ0v) is 13.5. The van der Waals surface area contributed by atoms with Gasteiger partial charge >= 0.3 is 0 Å². The van der Waals surface area contributed by atoms with E-state index in [1.807, 2.05) is 6.07 Å². The Labute approximate surface area is 125 Å². The van der Waals surface area contributed by atoms with Crippen LogP contribution in [0, 0.1) is 5.82 Å². The lowest BCUT2D eigenvalue weighted by molar-refractivity contribution is 0.414. The minimum Gasteiger partial charge on any atom is -0.497 e. The molecular formula is C12H10Br2FNOS. The average Bonchev–Trinajstić information content (AvgIpc) is 2.68. The van der Waals surface area contributed by atoms with Crippen LogP contribution in [0.15, 0.2) is 32.5 Å². The Hall–Kier alpha value is -0.590. The molecule has 0 radical (unpaired) electrons. The number of hydrogen-bond acceptors (Lipinski definition) is 3. The molecule has 0 aliphatic carbocycles. The van der Waals surface area contributed by atoms with Gasteiger partial charge in [0.1, 0.15) is 11.6 Å². The topological polar surface area (TPSA) is 21.3 Å². The van der Waals surface area contributed by atoms with Crippen molar-refractivity contribution in [2.75, 3.05) is 12.4 Å². The summed E-state index contributed by atoms with van der Waals surface area (Å²) in [5.74, 6) is 0.345. The second-order valence-corrected chi connectivity index (χ2v) is 6.84. The molecular weight excluding hydrogens is 385 g/mol. The van der Waals surface area contributed by atoms with E-state index >= 15 is 0 Å². The van der Waals surface area contributed by atoms with Gasteiger partial charge in [0.15, 0.2) is 0 Å². The van der Waals surface area contributed by atoms with Gasteiger partial charge in [0.25, 0.3) is 0 Å². The average molecular weight is 395 g/mol. The largest absolute Gasteiger partial charge is 0.497 e. The van der Waals surface area contributed by atoms with E-state index in [1.165, 1.54) is 6.07 Å². The molecule has 1 aromatic carbocycles. The van der Waals surface area contributed by atoms with Gasteiger partial charge in [-0.05, 0) is 50.1 Å². The summed E-state index contributed by atoms with van der Waals surface area (Å²) in [6.45, 7) is 0.568. The summed E-state index contributed by atoms with van der Waals surface area (Å²) in [5, 5.41) is 3.06. The summed E-state index contributed by atoms with van der Waals surface area (Å²) >= 11 is 8.45. The molecule has 2 aromatic rings. The Morgan fingerprint density at radius 1 is 1.33 bits per heavy atom. The molecule has 0 spiro atoms. The summed E-state index contributed by atoms with van der Waals surface area (Å²) < 4.78 is 20.7. The lowest BCUT2D eigenvalue weighted by Crippen LogP contribution is -2.00. The highest BCUT2D eigenvalue weighted by molar-refractivity contribution is 9.13. The maximum Gasteiger partial charge on any atom is 0.146 e. The first-order valence-corrected chi connectivity index (χ1v) is 7.51. The molecule has 1 aromatic heterocycles. The molecule has 0 aliphatic rings. The predicted octanol–water partition coefficient (Wildman–Crippen LogP) is 5.03. The molecule has 96 valence electrons. The Morgan fingerprint density at radius 3 is 2.72 bits per heavy atom. The summed E-state index contributed by atoms with van der Waals surface area (Å²) in [4.78, 5) is 1.11. The van der Waals surface area contributed by atoms with Crippen LogP contribution >= 0.6 is 43.2 Å². The standard InChI is InChI=1S/C12H10Br2FNOS/c1-17-7-2-3-10(15)11(4-7)16-6-8-5-9(13)12(14)18-8/h2-5,16H,6H2,1H3. The van der Waals surface area contributed by atoms with Crippen LogP contribution in [-0.2, 0) is 6.54 Å². The normalized spacial score (nSPS) is 10.4. The third-order valence-corrected chi connectivity index (χ3v) is 5.58. The van der Waals surface area contributed by atoms with E-state index in [1.54, 1.807) is 30.6 Å². The van der Waals surface area contributed by atoms with E-state index in [0.717, 1.165) is 13.1 Å². The fourth-order valence-corrected chi connectivity index (χ4v) is 3.54.